The van der Waals surface area contributed by atoms with Gasteiger partial charge < -0.3 is 10.0 Å². The van der Waals surface area contributed by atoms with Gasteiger partial charge in [0.1, 0.15) is 5.82 Å². The van der Waals surface area contributed by atoms with Crippen molar-refractivity contribution in [3.05, 3.63) is 35.1 Å². The highest BCUT2D eigenvalue weighted by molar-refractivity contribution is 5.96. The van der Waals surface area contributed by atoms with Crippen LogP contribution >= 0.6 is 0 Å². The molecular weight excluding hydrogens is 285 g/mol. The lowest BCUT2D eigenvalue weighted by molar-refractivity contribution is 0.0625. The minimum atomic E-state index is -1.19. The summed E-state index contributed by atoms with van der Waals surface area (Å²) in [5.41, 5.74) is -0.165. The van der Waals surface area contributed by atoms with E-state index < -0.39 is 11.8 Å². The predicted molar refractivity (Wildman–Crippen MR) is 79.4 cm³/mol. The van der Waals surface area contributed by atoms with Gasteiger partial charge in [0.05, 0.1) is 11.1 Å². The molecular formula is C17H20FNO3. The number of carboxylic acids is 1. The van der Waals surface area contributed by atoms with Gasteiger partial charge in [-0.2, -0.15) is 0 Å². The Morgan fingerprint density at radius 1 is 1.27 bits per heavy atom. The Labute approximate surface area is 128 Å². The molecule has 3 rings (SSSR count). The van der Waals surface area contributed by atoms with E-state index in [9.17, 15) is 14.0 Å². The van der Waals surface area contributed by atoms with E-state index in [1.807, 2.05) is 11.8 Å². The smallest absolute Gasteiger partial charge is 0.335 e. The van der Waals surface area contributed by atoms with Gasteiger partial charge in [0.25, 0.3) is 5.91 Å². The number of carbonyl (C=O) groups excluding carboxylic acids is 1. The molecule has 0 radical (unpaired) electrons. The molecule has 1 N–H and O–H groups in total. The summed E-state index contributed by atoms with van der Waals surface area (Å²) < 4.78 is 14.2. The number of nitrogens with zero attached hydrogens (tertiary/aromatic N) is 1. The molecule has 1 aromatic carbocycles. The lowest BCUT2D eigenvalue weighted by atomic mass is 9.85. The first-order chi connectivity index (χ1) is 10.5. The van der Waals surface area contributed by atoms with Crippen LogP contribution in [0.25, 0.3) is 0 Å². The fraction of sp³-hybridized carbons (Fsp3) is 0.529. The van der Waals surface area contributed by atoms with Crippen LogP contribution < -0.4 is 0 Å². The van der Waals surface area contributed by atoms with E-state index in [0.29, 0.717) is 5.92 Å². The lowest BCUT2D eigenvalue weighted by Gasteiger charge is -2.33. The van der Waals surface area contributed by atoms with Gasteiger partial charge in [0.15, 0.2) is 0 Å². The number of fused-ring (bicyclic) bond motifs is 1. The zero-order valence-corrected chi connectivity index (χ0v) is 12.6. The molecule has 118 valence electrons. The van der Waals surface area contributed by atoms with Gasteiger partial charge in [-0.05, 0) is 50.3 Å². The van der Waals surface area contributed by atoms with Crippen LogP contribution in [0.4, 0.5) is 4.39 Å². The third kappa shape index (κ3) is 2.49. The second-order valence-corrected chi connectivity index (χ2v) is 6.41. The Balaban J connectivity index is 1.88. The Hall–Kier alpha value is -1.91. The largest absolute Gasteiger partial charge is 0.478 e. The van der Waals surface area contributed by atoms with Crippen LogP contribution in [-0.2, 0) is 0 Å². The number of aromatic carboxylic acids is 1. The molecule has 22 heavy (non-hydrogen) atoms. The fourth-order valence-electron chi connectivity index (χ4n) is 4.02. The Kier molecular flexibility index (Phi) is 3.89. The maximum absolute atomic E-state index is 14.2. The number of benzene rings is 1. The number of amides is 1. The molecule has 4 nitrogen and oxygen atoms in total. The Morgan fingerprint density at radius 3 is 2.68 bits per heavy atom. The molecule has 1 saturated heterocycles. The maximum Gasteiger partial charge on any atom is 0.335 e. The molecule has 2 fully saturated rings. The van der Waals surface area contributed by atoms with Crippen molar-refractivity contribution in [1.82, 2.24) is 4.90 Å². The number of likely N-dealkylation sites (tertiary alicyclic amines) is 1. The topological polar surface area (TPSA) is 57.6 Å². The first-order valence-electron chi connectivity index (χ1n) is 7.84. The molecule has 2 aliphatic rings. The van der Waals surface area contributed by atoms with Crippen molar-refractivity contribution < 1.29 is 19.1 Å². The number of hydrogen-bond donors (Lipinski definition) is 1. The molecule has 1 heterocycles. The van der Waals surface area contributed by atoms with Crippen molar-refractivity contribution in [3.8, 4) is 0 Å². The molecule has 3 atom stereocenters. The molecule has 1 saturated carbocycles. The van der Waals surface area contributed by atoms with Gasteiger partial charge in [0, 0.05) is 12.1 Å². The van der Waals surface area contributed by atoms with Crippen molar-refractivity contribution in [3.63, 3.8) is 0 Å². The van der Waals surface area contributed by atoms with Crippen molar-refractivity contribution in [2.45, 2.75) is 51.1 Å². The number of carbonyl (C=O) groups is 2. The standard InChI is InChI=1S/C17H20FNO3/c1-10-8-11-4-2-3-5-15(11)19(10)16(20)13-7-6-12(17(21)22)9-14(13)18/h6-7,9-11,15H,2-5,8H2,1H3,(H,21,22). The summed E-state index contributed by atoms with van der Waals surface area (Å²) in [4.78, 5) is 25.4. The van der Waals surface area contributed by atoms with Gasteiger partial charge >= 0.3 is 5.97 Å². The van der Waals surface area contributed by atoms with E-state index in [0.717, 1.165) is 31.7 Å². The van der Waals surface area contributed by atoms with Crippen LogP contribution in [0.2, 0.25) is 0 Å². The molecule has 1 aromatic rings. The minimum absolute atomic E-state index is 0.0249. The highest BCUT2D eigenvalue weighted by Crippen LogP contribution is 2.40. The summed E-state index contributed by atoms with van der Waals surface area (Å²) in [6.45, 7) is 2.01. The average Bonchev–Trinajstić information content (AvgIpc) is 2.82. The van der Waals surface area contributed by atoms with Crippen LogP contribution in [0.15, 0.2) is 18.2 Å². The molecule has 1 aliphatic heterocycles. The summed E-state index contributed by atoms with van der Waals surface area (Å²) >= 11 is 0. The summed E-state index contributed by atoms with van der Waals surface area (Å²) in [7, 11) is 0. The molecule has 5 heteroatoms. The van der Waals surface area contributed by atoms with E-state index in [1.165, 1.54) is 18.6 Å². The number of rotatable bonds is 2. The van der Waals surface area contributed by atoms with Crippen LogP contribution in [0, 0.1) is 11.7 Å². The van der Waals surface area contributed by atoms with Crippen molar-refractivity contribution in [2.24, 2.45) is 5.92 Å². The van der Waals surface area contributed by atoms with Gasteiger partial charge in [0.2, 0.25) is 0 Å². The summed E-state index contributed by atoms with van der Waals surface area (Å²) in [6, 6.07) is 3.82. The molecule has 1 aliphatic carbocycles. The van der Waals surface area contributed by atoms with Crippen molar-refractivity contribution >= 4 is 11.9 Å². The van der Waals surface area contributed by atoms with Crippen LogP contribution in [-0.4, -0.2) is 34.0 Å². The van der Waals surface area contributed by atoms with Crippen molar-refractivity contribution in [2.75, 3.05) is 0 Å². The second kappa shape index (κ2) is 5.71. The van der Waals surface area contributed by atoms with Gasteiger partial charge in [-0.25, -0.2) is 9.18 Å². The first-order valence-corrected chi connectivity index (χ1v) is 7.84. The zero-order chi connectivity index (χ0) is 15.9. The van der Waals surface area contributed by atoms with E-state index >= 15 is 0 Å². The fourth-order valence-corrected chi connectivity index (χ4v) is 4.02. The maximum atomic E-state index is 14.2. The molecule has 0 aromatic heterocycles. The lowest BCUT2D eigenvalue weighted by Crippen LogP contribution is -2.42. The van der Waals surface area contributed by atoms with Gasteiger partial charge in [-0.3, -0.25) is 4.79 Å². The molecule has 1 amide bonds. The average molecular weight is 305 g/mol. The molecule has 3 unspecified atom stereocenters. The highest BCUT2D eigenvalue weighted by Gasteiger charge is 2.43. The predicted octanol–water partition coefficient (Wildman–Crippen LogP) is 3.32. The SMILES string of the molecule is CC1CC2CCCCC2N1C(=O)c1ccc(C(=O)O)cc1F. The van der Waals surface area contributed by atoms with Crippen LogP contribution in [0.1, 0.15) is 59.7 Å². The second-order valence-electron chi connectivity index (χ2n) is 6.41. The summed E-state index contributed by atoms with van der Waals surface area (Å²) in [6.07, 6.45) is 5.41. The monoisotopic (exact) mass is 305 g/mol. The Morgan fingerprint density at radius 2 is 2.00 bits per heavy atom. The zero-order valence-electron chi connectivity index (χ0n) is 12.6. The summed E-state index contributed by atoms with van der Waals surface area (Å²) in [5, 5.41) is 8.88. The van der Waals surface area contributed by atoms with E-state index in [4.69, 9.17) is 5.11 Å². The highest BCUT2D eigenvalue weighted by atomic mass is 19.1. The minimum Gasteiger partial charge on any atom is -0.478 e. The van der Waals surface area contributed by atoms with E-state index in [2.05, 4.69) is 0 Å². The number of halogens is 1. The normalized spacial score (nSPS) is 27.5. The molecule has 0 spiro atoms. The number of carboxylic acid groups (broad SMARTS) is 1. The van der Waals surface area contributed by atoms with Crippen LogP contribution in [0.3, 0.4) is 0 Å². The summed E-state index contributed by atoms with van der Waals surface area (Å²) in [5.74, 6) is -1.73. The third-order valence-corrected chi connectivity index (χ3v) is 5.03. The quantitative estimate of drug-likeness (QED) is 0.912. The van der Waals surface area contributed by atoms with Gasteiger partial charge in [-0.1, -0.05) is 12.8 Å². The molecule has 0 bridgehead atoms. The Bertz CT molecular complexity index is 616. The number of hydrogen-bond acceptors (Lipinski definition) is 2. The van der Waals surface area contributed by atoms with E-state index in [1.54, 1.807) is 0 Å². The van der Waals surface area contributed by atoms with Crippen LogP contribution in [0.5, 0.6) is 0 Å². The third-order valence-electron chi connectivity index (χ3n) is 5.03. The van der Waals surface area contributed by atoms with E-state index in [-0.39, 0.29) is 29.1 Å². The van der Waals surface area contributed by atoms with Crippen molar-refractivity contribution in [1.29, 1.82) is 0 Å². The first kappa shape index (κ1) is 15.0. The van der Waals surface area contributed by atoms with Gasteiger partial charge in [-0.15, -0.1) is 0 Å².